The van der Waals surface area contributed by atoms with Gasteiger partial charge in [-0.3, -0.25) is 14.9 Å². The van der Waals surface area contributed by atoms with Gasteiger partial charge in [-0.2, -0.15) is 0 Å². The summed E-state index contributed by atoms with van der Waals surface area (Å²) >= 11 is 0. The summed E-state index contributed by atoms with van der Waals surface area (Å²) in [5.41, 5.74) is -2.03. The van der Waals surface area contributed by atoms with Gasteiger partial charge in [0.1, 0.15) is 35.6 Å². The summed E-state index contributed by atoms with van der Waals surface area (Å²) < 4.78 is 40.2. The maximum atomic E-state index is 14.8. The zero-order valence-corrected chi connectivity index (χ0v) is 20.8. The van der Waals surface area contributed by atoms with Gasteiger partial charge in [0.25, 0.3) is 11.6 Å². The largest absolute Gasteiger partial charge is 0.492 e. The van der Waals surface area contributed by atoms with Gasteiger partial charge in [0.15, 0.2) is 0 Å². The minimum Gasteiger partial charge on any atom is -0.492 e. The molecule has 2 aromatic rings. The fourth-order valence-electron chi connectivity index (χ4n) is 3.70. The first kappa shape index (κ1) is 27.6. The molecule has 1 heterocycles. The molecule has 2 N–H and O–H groups in total. The van der Waals surface area contributed by atoms with Crippen molar-refractivity contribution < 1.29 is 32.8 Å². The molecular formula is C25H30F2N4O6. The minimum atomic E-state index is -1.49. The Bertz CT molecular complexity index is 1130. The molecule has 200 valence electrons. The normalized spacial score (nSPS) is 17.6. The lowest BCUT2D eigenvalue weighted by atomic mass is 10.0. The van der Waals surface area contributed by atoms with Crippen molar-refractivity contribution in [2.24, 2.45) is 0 Å². The molecule has 0 saturated carbocycles. The van der Waals surface area contributed by atoms with Crippen LogP contribution in [0.25, 0.3) is 0 Å². The van der Waals surface area contributed by atoms with Crippen molar-refractivity contribution in [3.05, 3.63) is 64.0 Å². The number of nitro groups is 1. The highest BCUT2D eigenvalue weighted by molar-refractivity contribution is 5.96. The number of benzene rings is 2. The van der Waals surface area contributed by atoms with Crippen LogP contribution in [0, 0.1) is 15.9 Å². The summed E-state index contributed by atoms with van der Waals surface area (Å²) in [6, 6.07) is 9.41. The number of amides is 2. The van der Waals surface area contributed by atoms with Crippen molar-refractivity contribution >= 4 is 23.4 Å². The molecule has 0 radical (unpaired) electrons. The summed E-state index contributed by atoms with van der Waals surface area (Å²) in [5, 5.41) is 16.7. The third kappa shape index (κ3) is 7.76. The van der Waals surface area contributed by atoms with Crippen LogP contribution < -0.4 is 15.4 Å². The first-order valence-corrected chi connectivity index (χ1v) is 11.8. The average molecular weight is 521 g/mol. The maximum Gasteiger partial charge on any atom is 0.410 e. The molecule has 0 unspecified atom stereocenters. The molecule has 2 atom stereocenters. The molecular weight excluding hydrogens is 490 g/mol. The van der Waals surface area contributed by atoms with E-state index in [1.54, 1.807) is 45.0 Å². The second-order valence-electron chi connectivity index (χ2n) is 9.51. The lowest BCUT2D eigenvalue weighted by Crippen LogP contribution is -2.55. The molecule has 37 heavy (non-hydrogen) atoms. The number of anilines is 1. The number of para-hydroxylation sites is 1. The van der Waals surface area contributed by atoms with Crippen molar-refractivity contribution in [1.29, 1.82) is 0 Å². The third-order valence-corrected chi connectivity index (χ3v) is 5.45. The molecule has 3 rings (SSSR count). The number of nitro benzene ring substituents is 1. The first-order valence-electron chi connectivity index (χ1n) is 11.8. The number of nitrogens with zero attached hydrogens (tertiary/aromatic N) is 2. The molecule has 0 spiro atoms. The Kier molecular flexibility index (Phi) is 8.85. The van der Waals surface area contributed by atoms with Crippen LogP contribution in [0.2, 0.25) is 0 Å². The van der Waals surface area contributed by atoms with Crippen LogP contribution in [0.15, 0.2) is 42.5 Å². The Morgan fingerprint density at radius 3 is 2.57 bits per heavy atom. The number of ether oxygens (including phenoxy) is 2. The fraction of sp³-hybridized carbons (Fsp3) is 0.440. The molecule has 0 aliphatic carbocycles. The molecule has 1 aliphatic heterocycles. The first-order chi connectivity index (χ1) is 17.4. The molecule has 1 saturated heterocycles. The Morgan fingerprint density at radius 2 is 1.92 bits per heavy atom. The van der Waals surface area contributed by atoms with E-state index in [1.165, 1.54) is 4.90 Å². The van der Waals surface area contributed by atoms with Gasteiger partial charge in [-0.05, 0) is 39.3 Å². The van der Waals surface area contributed by atoms with E-state index in [9.17, 15) is 28.5 Å². The van der Waals surface area contributed by atoms with Gasteiger partial charge in [0, 0.05) is 31.8 Å². The van der Waals surface area contributed by atoms with Crippen LogP contribution in [0.3, 0.4) is 0 Å². The Morgan fingerprint density at radius 1 is 1.22 bits per heavy atom. The second kappa shape index (κ2) is 11.8. The number of carbonyl (C=O) groups excluding carboxylic acids is 2. The van der Waals surface area contributed by atoms with Gasteiger partial charge < -0.3 is 25.0 Å². The summed E-state index contributed by atoms with van der Waals surface area (Å²) in [5.74, 6) is -1.45. The van der Waals surface area contributed by atoms with Crippen molar-refractivity contribution in [1.82, 2.24) is 10.2 Å². The third-order valence-electron chi connectivity index (χ3n) is 5.45. The van der Waals surface area contributed by atoms with E-state index in [2.05, 4.69) is 10.6 Å². The van der Waals surface area contributed by atoms with Crippen LogP contribution in [-0.2, 0) is 4.74 Å². The number of hydrogen-bond donors (Lipinski definition) is 2. The van der Waals surface area contributed by atoms with Gasteiger partial charge in [0.05, 0.1) is 16.5 Å². The van der Waals surface area contributed by atoms with Crippen LogP contribution >= 0.6 is 0 Å². The topological polar surface area (TPSA) is 123 Å². The summed E-state index contributed by atoms with van der Waals surface area (Å²) in [7, 11) is 0. The maximum absolute atomic E-state index is 14.8. The number of rotatable bonds is 8. The lowest BCUT2D eigenvalue weighted by molar-refractivity contribution is -0.384. The number of halogens is 2. The van der Waals surface area contributed by atoms with E-state index >= 15 is 0 Å². The number of hydrogen-bond acceptors (Lipinski definition) is 7. The van der Waals surface area contributed by atoms with Gasteiger partial charge in [-0.25, -0.2) is 13.6 Å². The second-order valence-corrected chi connectivity index (χ2v) is 9.51. The molecule has 10 nitrogen and oxygen atoms in total. The van der Waals surface area contributed by atoms with E-state index in [4.69, 9.17) is 9.47 Å². The van der Waals surface area contributed by atoms with E-state index in [1.807, 2.05) is 6.07 Å². The summed E-state index contributed by atoms with van der Waals surface area (Å²) in [4.78, 5) is 37.2. The van der Waals surface area contributed by atoms with Gasteiger partial charge in [0.2, 0.25) is 0 Å². The SMILES string of the molecule is CC(C)(C)OC(=O)N1CC[C@H](F)[C@@H](NC(=O)c2cc([N+](=O)[O-])c(NCCOc3ccccc3)cc2F)C1. The minimum absolute atomic E-state index is 0.0548. The Labute approximate surface area is 213 Å². The number of carbonyl (C=O) groups is 2. The highest BCUT2D eigenvalue weighted by atomic mass is 19.1. The summed E-state index contributed by atoms with van der Waals surface area (Å²) in [6.45, 7) is 5.26. The lowest BCUT2D eigenvalue weighted by Gasteiger charge is -2.36. The Balaban J connectivity index is 1.67. The molecule has 0 aromatic heterocycles. The van der Waals surface area contributed by atoms with Crippen LogP contribution in [0.1, 0.15) is 37.6 Å². The van der Waals surface area contributed by atoms with Gasteiger partial charge in [-0.1, -0.05) is 18.2 Å². The smallest absolute Gasteiger partial charge is 0.410 e. The van der Waals surface area contributed by atoms with Crippen molar-refractivity contribution in [3.8, 4) is 5.75 Å². The molecule has 2 amide bonds. The average Bonchev–Trinajstić information content (AvgIpc) is 2.82. The predicted molar refractivity (Wildman–Crippen MR) is 132 cm³/mol. The quantitative estimate of drug-likeness (QED) is 0.302. The van der Waals surface area contributed by atoms with Gasteiger partial charge >= 0.3 is 6.09 Å². The van der Waals surface area contributed by atoms with Gasteiger partial charge in [-0.15, -0.1) is 0 Å². The van der Waals surface area contributed by atoms with Crippen molar-refractivity contribution in [2.75, 3.05) is 31.6 Å². The van der Waals surface area contributed by atoms with Crippen LogP contribution in [0.4, 0.5) is 25.0 Å². The zero-order valence-electron chi connectivity index (χ0n) is 20.8. The van der Waals surface area contributed by atoms with E-state index in [0.29, 0.717) is 5.75 Å². The fourth-order valence-corrected chi connectivity index (χ4v) is 3.70. The van der Waals surface area contributed by atoms with Crippen LogP contribution in [0.5, 0.6) is 5.75 Å². The van der Waals surface area contributed by atoms with Crippen LogP contribution in [-0.4, -0.2) is 65.9 Å². The Hall–Kier alpha value is -3.96. The number of nitrogens with one attached hydrogen (secondary N) is 2. The monoisotopic (exact) mass is 520 g/mol. The number of likely N-dealkylation sites (tertiary alicyclic amines) is 1. The van der Waals surface area contributed by atoms with E-state index < -0.39 is 51.8 Å². The highest BCUT2D eigenvalue weighted by Crippen LogP contribution is 2.28. The molecule has 1 fully saturated rings. The molecule has 1 aliphatic rings. The standard InChI is InChI=1S/C25H30F2N4O6/c1-25(2,3)37-24(33)30-11-9-18(26)21(15-30)29-23(32)17-13-22(31(34)35)20(14-19(17)27)28-10-12-36-16-7-5-4-6-8-16/h4-8,13-14,18,21,28H,9-12,15H2,1-3H3,(H,29,32)/t18-,21-/m0/s1. The van der Waals surface area contributed by atoms with E-state index in [0.717, 1.165) is 12.1 Å². The molecule has 2 aromatic carbocycles. The predicted octanol–water partition coefficient (Wildman–Crippen LogP) is 4.30. The zero-order chi connectivity index (χ0) is 27.2. The van der Waals surface area contributed by atoms with Crippen molar-refractivity contribution in [2.45, 2.75) is 45.0 Å². The van der Waals surface area contributed by atoms with Crippen molar-refractivity contribution in [3.63, 3.8) is 0 Å². The summed E-state index contributed by atoms with van der Waals surface area (Å²) in [6.07, 6.45) is -2.21. The van der Waals surface area contributed by atoms with E-state index in [-0.39, 0.29) is 38.3 Å². The highest BCUT2D eigenvalue weighted by Gasteiger charge is 2.35. The number of piperidine rings is 1. The molecule has 0 bridgehead atoms. The molecule has 12 heteroatoms. The number of alkyl halides is 1.